The topological polar surface area (TPSA) is 110 Å². The number of rotatable bonds is 5. The number of carboxylic acids is 1. The lowest BCUT2D eigenvalue weighted by molar-refractivity contribution is -0.148. The molecule has 0 radical (unpaired) electrons. The van der Waals surface area contributed by atoms with Crippen LogP contribution >= 0.6 is 0 Å². The number of aromatic nitrogens is 4. The summed E-state index contributed by atoms with van der Waals surface area (Å²) >= 11 is 0. The maximum atomic E-state index is 11.7. The van der Waals surface area contributed by atoms with E-state index >= 15 is 0 Å². The summed E-state index contributed by atoms with van der Waals surface area (Å²) in [5.41, 5.74) is -1.19. The van der Waals surface area contributed by atoms with Gasteiger partial charge in [-0.3, -0.25) is 4.79 Å². The molecular weight excluding hydrogens is 226 g/mol. The lowest BCUT2D eigenvalue weighted by Gasteiger charge is -2.25. The molecule has 17 heavy (non-hydrogen) atoms. The van der Waals surface area contributed by atoms with Gasteiger partial charge in [0.2, 0.25) is 5.91 Å². The number of nitrogens with one attached hydrogen (secondary N) is 1. The number of hydrogen-bond donors (Lipinski definition) is 2. The van der Waals surface area contributed by atoms with E-state index in [1.165, 1.54) is 17.9 Å². The Hall–Kier alpha value is -1.99. The largest absolute Gasteiger partial charge is 0.480 e. The molecule has 0 aliphatic heterocycles. The minimum Gasteiger partial charge on any atom is -0.480 e. The number of hydrogen-bond acceptors (Lipinski definition) is 5. The van der Waals surface area contributed by atoms with Gasteiger partial charge in [-0.05, 0) is 36.1 Å². The van der Waals surface area contributed by atoms with Crippen LogP contribution in [0, 0.1) is 5.92 Å². The lowest BCUT2D eigenvalue weighted by Crippen LogP contribution is -2.54. The monoisotopic (exact) mass is 239 g/mol. The van der Waals surface area contributed by atoms with Gasteiger partial charge < -0.3 is 10.4 Å². The molecule has 1 fully saturated rings. The molecule has 2 rings (SSSR count). The number of amides is 1. The molecule has 1 heterocycles. The highest BCUT2D eigenvalue weighted by Crippen LogP contribution is 2.39. The molecule has 1 unspecified atom stereocenters. The molecule has 1 amide bonds. The molecule has 1 atom stereocenters. The standard InChI is InChI=1S/C9H13N5O3/c1-9(8(16)17,6-2-3-6)11-7(15)4-14-5-10-12-13-14/h5-6H,2-4H2,1H3,(H,11,15)(H,16,17). The molecule has 92 valence electrons. The Morgan fingerprint density at radius 2 is 2.29 bits per heavy atom. The molecule has 1 aliphatic carbocycles. The summed E-state index contributed by atoms with van der Waals surface area (Å²) in [7, 11) is 0. The van der Waals surface area contributed by atoms with Crippen molar-refractivity contribution in [2.45, 2.75) is 31.8 Å². The van der Waals surface area contributed by atoms with Gasteiger partial charge in [-0.1, -0.05) is 0 Å². The van der Waals surface area contributed by atoms with Crippen molar-refractivity contribution in [1.82, 2.24) is 25.5 Å². The third-order valence-electron chi connectivity index (χ3n) is 2.93. The molecule has 1 aromatic rings. The highest BCUT2D eigenvalue weighted by atomic mass is 16.4. The van der Waals surface area contributed by atoms with Gasteiger partial charge in [-0.15, -0.1) is 5.10 Å². The molecule has 2 N–H and O–H groups in total. The van der Waals surface area contributed by atoms with Crippen LogP contribution in [0.4, 0.5) is 0 Å². The fraction of sp³-hybridized carbons (Fsp3) is 0.667. The van der Waals surface area contributed by atoms with E-state index in [2.05, 4.69) is 20.8 Å². The highest BCUT2D eigenvalue weighted by Gasteiger charge is 2.48. The zero-order chi connectivity index (χ0) is 12.5. The Kier molecular flexibility index (Phi) is 2.78. The van der Waals surface area contributed by atoms with Crippen LogP contribution in [0.1, 0.15) is 19.8 Å². The van der Waals surface area contributed by atoms with Gasteiger partial charge in [0.1, 0.15) is 18.4 Å². The van der Waals surface area contributed by atoms with Crippen molar-refractivity contribution < 1.29 is 14.7 Å². The second-order valence-electron chi connectivity index (χ2n) is 4.34. The first kappa shape index (κ1) is 11.5. The van der Waals surface area contributed by atoms with Crippen LogP contribution in [0.2, 0.25) is 0 Å². The van der Waals surface area contributed by atoms with Gasteiger partial charge in [0.05, 0.1) is 0 Å². The first-order valence-electron chi connectivity index (χ1n) is 5.27. The summed E-state index contributed by atoms with van der Waals surface area (Å²) < 4.78 is 1.24. The first-order chi connectivity index (χ1) is 8.02. The van der Waals surface area contributed by atoms with Crippen molar-refractivity contribution >= 4 is 11.9 Å². The van der Waals surface area contributed by atoms with E-state index < -0.39 is 17.4 Å². The van der Waals surface area contributed by atoms with E-state index in [1.54, 1.807) is 0 Å². The quantitative estimate of drug-likeness (QED) is 0.685. The van der Waals surface area contributed by atoms with Gasteiger partial charge >= 0.3 is 5.97 Å². The molecular formula is C9H13N5O3. The number of carboxylic acid groups (broad SMARTS) is 1. The van der Waals surface area contributed by atoms with Crippen LogP contribution in [0.3, 0.4) is 0 Å². The number of nitrogens with zero attached hydrogens (tertiary/aromatic N) is 4. The summed E-state index contributed by atoms with van der Waals surface area (Å²) in [6, 6.07) is 0. The summed E-state index contributed by atoms with van der Waals surface area (Å²) in [4.78, 5) is 22.9. The van der Waals surface area contributed by atoms with Crippen LogP contribution in [0.5, 0.6) is 0 Å². The van der Waals surface area contributed by atoms with Crippen molar-refractivity contribution in [3.63, 3.8) is 0 Å². The highest BCUT2D eigenvalue weighted by molar-refractivity contribution is 5.87. The maximum Gasteiger partial charge on any atom is 0.329 e. The average Bonchev–Trinajstić information content (AvgIpc) is 2.99. The molecule has 1 aliphatic rings. The van der Waals surface area contributed by atoms with Gasteiger partial charge in [0.25, 0.3) is 0 Å². The third-order valence-corrected chi connectivity index (χ3v) is 2.93. The lowest BCUT2D eigenvalue weighted by atomic mass is 9.96. The number of carbonyl (C=O) groups excluding carboxylic acids is 1. The predicted octanol–water partition coefficient (Wildman–Crippen LogP) is -0.957. The van der Waals surface area contributed by atoms with Crippen LogP contribution in [0.25, 0.3) is 0 Å². The van der Waals surface area contributed by atoms with E-state index in [1.807, 2.05) is 0 Å². The number of aliphatic carboxylic acids is 1. The molecule has 0 bridgehead atoms. The fourth-order valence-electron chi connectivity index (χ4n) is 1.72. The van der Waals surface area contributed by atoms with Gasteiger partial charge in [-0.25, -0.2) is 9.48 Å². The van der Waals surface area contributed by atoms with Crippen LogP contribution in [-0.4, -0.2) is 42.7 Å². The van der Waals surface area contributed by atoms with Crippen LogP contribution in [0.15, 0.2) is 6.33 Å². The Morgan fingerprint density at radius 3 is 2.76 bits per heavy atom. The van der Waals surface area contributed by atoms with Crippen molar-refractivity contribution in [2.75, 3.05) is 0 Å². The third kappa shape index (κ3) is 2.40. The Morgan fingerprint density at radius 1 is 1.59 bits per heavy atom. The van der Waals surface area contributed by atoms with Crippen LogP contribution < -0.4 is 5.32 Å². The molecule has 8 heteroatoms. The van der Waals surface area contributed by atoms with Gasteiger partial charge in [0.15, 0.2) is 0 Å². The number of tetrazole rings is 1. The van der Waals surface area contributed by atoms with Gasteiger partial charge in [0, 0.05) is 0 Å². The normalized spacial score (nSPS) is 18.4. The van der Waals surface area contributed by atoms with Crippen molar-refractivity contribution in [2.24, 2.45) is 5.92 Å². The van der Waals surface area contributed by atoms with Crippen molar-refractivity contribution in [1.29, 1.82) is 0 Å². The molecule has 1 saturated carbocycles. The van der Waals surface area contributed by atoms with Crippen LogP contribution in [-0.2, 0) is 16.1 Å². The predicted molar refractivity (Wildman–Crippen MR) is 54.7 cm³/mol. The summed E-state index contributed by atoms with van der Waals surface area (Å²) in [6.07, 6.45) is 2.96. The van der Waals surface area contributed by atoms with Crippen molar-refractivity contribution in [3.8, 4) is 0 Å². The van der Waals surface area contributed by atoms with E-state index in [4.69, 9.17) is 5.11 Å². The molecule has 1 aromatic heterocycles. The van der Waals surface area contributed by atoms with Gasteiger partial charge in [-0.2, -0.15) is 0 Å². The SMILES string of the molecule is CC(NC(=O)Cn1cnnn1)(C(=O)O)C1CC1. The Labute approximate surface area is 97.0 Å². The Balaban J connectivity index is 1.99. The minimum absolute atomic E-state index is 0.0119. The van der Waals surface area contributed by atoms with E-state index in [9.17, 15) is 9.59 Å². The summed E-state index contributed by atoms with van der Waals surface area (Å²) in [6.45, 7) is 1.45. The number of carbonyl (C=O) groups is 2. The first-order valence-corrected chi connectivity index (χ1v) is 5.27. The molecule has 8 nitrogen and oxygen atoms in total. The fourth-order valence-corrected chi connectivity index (χ4v) is 1.72. The molecule has 0 spiro atoms. The van der Waals surface area contributed by atoms with Crippen molar-refractivity contribution in [3.05, 3.63) is 6.33 Å². The molecule has 0 saturated heterocycles. The maximum absolute atomic E-state index is 11.7. The summed E-state index contributed by atoms with van der Waals surface area (Å²) in [5.74, 6) is -1.41. The smallest absolute Gasteiger partial charge is 0.329 e. The van der Waals surface area contributed by atoms with E-state index in [0.717, 1.165) is 12.8 Å². The zero-order valence-electron chi connectivity index (χ0n) is 9.33. The average molecular weight is 239 g/mol. The second kappa shape index (κ2) is 4.11. The van der Waals surface area contributed by atoms with E-state index in [0.29, 0.717) is 0 Å². The molecule has 0 aromatic carbocycles. The zero-order valence-corrected chi connectivity index (χ0v) is 9.33. The van der Waals surface area contributed by atoms with E-state index in [-0.39, 0.29) is 12.5 Å². The Bertz CT molecular complexity index is 428. The summed E-state index contributed by atoms with van der Waals surface area (Å²) in [5, 5.41) is 22.0. The second-order valence-corrected chi connectivity index (χ2v) is 4.34. The minimum atomic E-state index is -1.19.